The van der Waals surface area contributed by atoms with Gasteiger partial charge in [0.2, 0.25) is 0 Å². The molecule has 176 valence electrons. The molecule has 0 atom stereocenters. The van der Waals surface area contributed by atoms with Crippen LogP contribution in [0.2, 0.25) is 0 Å². The fraction of sp³-hybridized carbons (Fsp3) is 0.333. The average Bonchev–Trinajstić information content (AvgIpc) is 3.20. The molecule has 1 N–H and O–H groups in total. The number of rotatable bonds is 5. The number of hydrogen-bond acceptors (Lipinski definition) is 4. The van der Waals surface area contributed by atoms with Crippen molar-refractivity contribution in [2.24, 2.45) is 0 Å². The largest absolute Gasteiger partial charge is 0.493 e. The molecule has 2 aliphatic heterocycles. The molecule has 2 aliphatic rings. The number of hydrogen-bond donors (Lipinski definition) is 1. The van der Waals surface area contributed by atoms with E-state index in [0.717, 1.165) is 52.5 Å². The van der Waals surface area contributed by atoms with Crippen LogP contribution in [0.4, 0.5) is 14.6 Å². The topological polar surface area (TPSA) is 62.7 Å². The highest BCUT2D eigenvalue weighted by molar-refractivity contribution is 5.85. The van der Waals surface area contributed by atoms with Crippen LogP contribution in [-0.2, 0) is 30.6 Å². The van der Waals surface area contributed by atoms with Gasteiger partial charge in [0.15, 0.2) is 11.6 Å². The quantitative estimate of drug-likeness (QED) is 0.565. The number of pyridine rings is 1. The van der Waals surface area contributed by atoms with Gasteiger partial charge in [0.1, 0.15) is 11.6 Å². The van der Waals surface area contributed by atoms with Gasteiger partial charge >= 0.3 is 5.97 Å². The van der Waals surface area contributed by atoms with E-state index in [0.29, 0.717) is 36.6 Å². The predicted octanol–water partition coefficient (Wildman–Crippen LogP) is 5.16. The first-order valence-electron chi connectivity index (χ1n) is 11.5. The Morgan fingerprint density at radius 1 is 1.15 bits per heavy atom. The van der Waals surface area contributed by atoms with Gasteiger partial charge in [0.05, 0.1) is 13.0 Å². The van der Waals surface area contributed by atoms with Crippen LogP contribution in [0.5, 0.6) is 5.75 Å². The second kappa shape index (κ2) is 8.70. The summed E-state index contributed by atoms with van der Waals surface area (Å²) in [5.74, 6) is -1.04. The van der Waals surface area contributed by atoms with Gasteiger partial charge in [-0.05, 0) is 73.1 Å². The third-order valence-corrected chi connectivity index (χ3v) is 6.89. The van der Waals surface area contributed by atoms with E-state index in [-0.39, 0.29) is 18.5 Å². The number of carbonyl (C=O) groups is 1. The SMILES string of the molecule is Cc1nc2c(c(-c3ccc4c(c3C)CCCO4)c1CC(=O)O)CCN2Cc1cccc(F)c1F. The Bertz CT molecular complexity index is 1310. The van der Waals surface area contributed by atoms with Crippen molar-refractivity contribution >= 4 is 11.8 Å². The molecule has 5 rings (SSSR count). The van der Waals surface area contributed by atoms with E-state index in [1.807, 2.05) is 24.0 Å². The maximum atomic E-state index is 14.4. The number of halogens is 2. The normalized spacial score (nSPS) is 14.5. The lowest BCUT2D eigenvalue weighted by molar-refractivity contribution is -0.136. The second-order valence-corrected chi connectivity index (χ2v) is 8.97. The number of anilines is 1. The molecule has 5 nitrogen and oxygen atoms in total. The maximum Gasteiger partial charge on any atom is 0.307 e. The highest BCUT2D eigenvalue weighted by Gasteiger charge is 2.30. The number of benzene rings is 2. The van der Waals surface area contributed by atoms with Crippen LogP contribution in [0.3, 0.4) is 0 Å². The van der Waals surface area contributed by atoms with Crippen LogP contribution in [0.1, 0.15) is 39.9 Å². The molecule has 0 amide bonds. The van der Waals surface area contributed by atoms with Crippen molar-refractivity contribution in [1.82, 2.24) is 4.98 Å². The molecule has 0 unspecified atom stereocenters. The summed E-state index contributed by atoms with van der Waals surface area (Å²) in [4.78, 5) is 18.5. The van der Waals surface area contributed by atoms with Crippen molar-refractivity contribution in [3.63, 3.8) is 0 Å². The molecule has 0 bridgehead atoms. The fourth-order valence-electron chi connectivity index (χ4n) is 5.22. The average molecular weight is 465 g/mol. The second-order valence-electron chi connectivity index (χ2n) is 8.97. The summed E-state index contributed by atoms with van der Waals surface area (Å²) in [5, 5.41) is 9.64. The van der Waals surface area contributed by atoms with E-state index in [4.69, 9.17) is 9.72 Å². The Morgan fingerprint density at radius 2 is 1.97 bits per heavy atom. The van der Waals surface area contributed by atoms with Crippen LogP contribution in [0, 0.1) is 25.5 Å². The minimum absolute atomic E-state index is 0.132. The molecule has 3 aromatic rings. The van der Waals surface area contributed by atoms with E-state index in [1.54, 1.807) is 6.07 Å². The van der Waals surface area contributed by atoms with Crippen LogP contribution in [0.25, 0.3) is 11.1 Å². The van der Waals surface area contributed by atoms with Gasteiger partial charge in [-0.15, -0.1) is 0 Å². The minimum Gasteiger partial charge on any atom is -0.493 e. The van der Waals surface area contributed by atoms with Crippen LogP contribution in [0.15, 0.2) is 30.3 Å². The number of carboxylic acid groups (broad SMARTS) is 1. The number of aryl methyl sites for hydroxylation is 1. The van der Waals surface area contributed by atoms with E-state index in [1.165, 1.54) is 6.07 Å². The van der Waals surface area contributed by atoms with Crippen molar-refractivity contribution < 1.29 is 23.4 Å². The molecular formula is C27H26F2N2O3. The number of aliphatic carboxylic acids is 1. The fourth-order valence-corrected chi connectivity index (χ4v) is 5.22. The number of nitrogens with zero attached hydrogens (tertiary/aromatic N) is 2. The van der Waals surface area contributed by atoms with E-state index in [2.05, 4.69) is 6.92 Å². The summed E-state index contributed by atoms with van der Waals surface area (Å²) < 4.78 is 34.0. The molecule has 0 saturated carbocycles. The van der Waals surface area contributed by atoms with Crippen molar-refractivity contribution in [2.75, 3.05) is 18.1 Å². The summed E-state index contributed by atoms with van der Waals surface area (Å²) >= 11 is 0. The molecule has 3 heterocycles. The molecular weight excluding hydrogens is 438 g/mol. The monoisotopic (exact) mass is 464 g/mol. The molecule has 0 spiro atoms. The van der Waals surface area contributed by atoms with Crippen LogP contribution >= 0.6 is 0 Å². The number of aromatic nitrogens is 1. The molecule has 7 heteroatoms. The molecule has 2 aromatic carbocycles. The molecule has 1 aromatic heterocycles. The minimum atomic E-state index is -0.915. The third-order valence-electron chi connectivity index (χ3n) is 6.89. The summed E-state index contributed by atoms with van der Waals surface area (Å²) in [7, 11) is 0. The Hall–Kier alpha value is -3.48. The van der Waals surface area contributed by atoms with Gasteiger partial charge in [-0.3, -0.25) is 4.79 Å². The zero-order valence-corrected chi connectivity index (χ0v) is 19.3. The van der Waals surface area contributed by atoms with Gasteiger partial charge in [-0.2, -0.15) is 0 Å². The Kier molecular flexibility index (Phi) is 5.71. The molecule has 0 saturated heterocycles. The Labute approximate surface area is 197 Å². The van der Waals surface area contributed by atoms with Gasteiger partial charge in [-0.25, -0.2) is 13.8 Å². The first-order chi connectivity index (χ1) is 16.3. The van der Waals surface area contributed by atoms with Crippen LogP contribution in [-0.4, -0.2) is 29.2 Å². The van der Waals surface area contributed by atoms with Gasteiger partial charge in [-0.1, -0.05) is 18.2 Å². The summed E-state index contributed by atoms with van der Waals surface area (Å²) in [5.41, 5.74) is 6.69. The van der Waals surface area contributed by atoms with Crippen molar-refractivity contribution in [3.8, 4) is 16.9 Å². The molecule has 34 heavy (non-hydrogen) atoms. The molecule has 0 radical (unpaired) electrons. The van der Waals surface area contributed by atoms with E-state index in [9.17, 15) is 18.7 Å². The van der Waals surface area contributed by atoms with Crippen molar-refractivity contribution in [2.45, 2.75) is 46.1 Å². The van der Waals surface area contributed by atoms with Crippen molar-refractivity contribution in [3.05, 3.63) is 75.5 Å². The number of carboxylic acids is 1. The van der Waals surface area contributed by atoms with Gasteiger partial charge in [0.25, 0.3) is 0 Å². The summed E-state index contributed by atoms with van der Waals surface area (Å²) in [6.45, 7) is 5.36. The zero-order valence-electron chi connectivity index (χ0n) is 19.3. The molecule has 0 fully saturated rings. The first kappa shape index (κ1) is 22.3. The highest BCUT2D eigenvalue weighted by atomic mass is 19.2. The predicted molar refractivity (Wildman–Crippen MR) is 125 cm³/mol. The number of fused-ring (bicyclic) bond motifs is 2. The smallest absolute Gasteiger partial charge is 0.307 e. The van der Waals surface area contributed by atoms with Crippen LogP contribution < -0.4 is 9.64 Å². The van der Waals surface area contributed by atoms with Gasteiger partial charge in [0, 0.05) is 29.9 Å². The highest BCUT2D eigenvalue weighted by Crippen LogP contribution is 2.43. The number of ether oxygens (including phenoxy) is 1. The van der Waals surface area contributed by atoms with Crippen molar-refractivity contribution in [1.29, 1.82) is 0 Å². The third kappa shape index (κ3) is 3.79. The lowest BCUT2D eigenvalue weighted by Crippen LogP contribution is -2.22. The Morgan fingerprint density at radius 3 is 2.76 bits per heavy atom. The van der Waals surface area contributed by atoms with E-state index < -0.39 is 17.6 Å². The first-order valence-corrected chi connectivity index (χ1v) is 11.5. The van der Waals surface area contributed by atoms with Gasteiger partial charge < -0.3 is 14.7 Å². The Balaban J connectivity index is 1.66. The molecule has 0 aliphatic carbocycles. The standard InChI is InChI=1S/C27H26F2N2O3/c1-15-18-6-4-12-34-23(18)9-8-19(15)25-20-10-11-31(14-17-5-3-7-22(28)26(17)29)27(20)30-16(2)21(25)13-24(32)33/h3,5,7-9H,4,6,10-14H2,1-2H3,(H,32,33). The zero-order chi connectivity index (χ0) is 24.0. The summed E-state index contributed by atoms with van der Waals surface area (Å²) in [6, 6.07) is 8.17. The maximum absolute atomic E-state index is 14.4. The van der Waals surface area contributed by atoms with E-state index >= 15 is 0 Å². The summed E-state index contributed by atoms with van der Waals surface area (Å²) in [6.07, 6.45) is 2.38. The lowest BCUT2D eigenvalue weighted by atomic mass is 9.86. The lowest BCUT2D eigenvalue weighted by Gasteiger charge is -2.25.